The predicted molar refractivity (Wildman–Crippen MR) is 105 cm³/mol. The predicted octanol–water partition coefficient (Wildman–Crippen LogP) is 4.57. The van der Waals surface area contributed by atoms with Crippen molar-refractivity contribution in [3.05, 3.63) is 62.5 Å². The second kappa shape index (κ2) is 3.02. The number of hydrogen-bond acceptors (Lipinski definition) is 0. The number of allylic oxidation sites excluding steroid dienone is 5. The Morgan fingerprint density at radius 1 is 1.05 bits per heavy atom. The Bertz CT molecular complexity index is 1060. The van der Waals surface area contributed by atoms with Crippen molar-refractivity contribution in [1.29, 1.82) is 0 Å². The molecule has 0 saturated heterocycles. The molecule has 0 heterocycles. The SMILES string of the molecule is CC1=CC[C]([Hf]([CH3])([CH3])([CH3])([CH3])(=[SiH2])(=[SiH2])[CH]2C=Cc3ccccc32)=C1. The number of fused-ring (bicyclic) bond motifs is 1. The van der Waals surface area contributed by atoms with Gasteiger partial charge < -0.3 is 0 Å². The van der Waals surface area contributed by atoms with E-state index in [1.54, 1.807) is 3.33 Å². The number of rotatable bonds is 2. The van der Waals surface area contributed by atoms with E-state index < -0.39 is 11.3 Å². The molecule has 0 aliphatic heterocycles. The second-order valence-corrected chi connectivity index (χ2v) is 159. The fraction of sp³-hybridized carbons (Fsp3) is 0.368. The molecule has 3 heteroatoms. The average Bonchev–Trinajstić information content (AvgIpc) is 2.93. The summed E-state index contributed by atoms with van der Waals surface area (Å²) >= 11 is -4.66. The van der Waals surface area contributed by atoms with Crippen molar-refractivity contribution in [3.63, 3.8) is 0 Å². The molecule has 0 fully saturated rings. The summed E-state index contributed by atoms with van der Waals surface area (Å²) in [4.78, 5) is 0. The van der Waals surface area contributed by atoms with Gasteiger partial charge in [-0.05, 0) is 0 Å². The Hall–Kier alpha value is -0.256. The van der Waals surface area contributed by atoms with E-state index in [1.165, 1.54) is 16.7 Å². The van der Waals surface area contributed by atoms with Gasteiger partial charge in [0.2, 0.25) is 0 Å². The molecule has 22 heavy (non-hydrogen) atoms. The minimum atomic E-state index is -4.66. The molecule has 0 bridgehead atoms. The van der Waals surface area contributed by atoms with Crippen molar-refractivity contribution >= 4 is 20.0 Å². The van der Waals surface area contributed by atoms with Gasteiger partial charge in [0.1, 0.15) is 0 Å². The minimum absolute atomic E-state index is 0.509. The van der Waals surface area contributed by atoms with Gasteiger partial charge >= 0.3 is 130 Å². The zero-order valence-corrected chi connectivity index (χ0v) is 21.2. The quantitative estimate of drug-likeness (QED) is 0.530. The molecule has 0 radical (unpaired) electrons. The Labute approximate surface area is 129 Å². The molecule has 1 aromatic rings. The first-order chi connectivity index (χ1) is 9.54. The summed E-state index contributed by atoms with van der Waals surface area (Å²) in [6, 6.07) is 8.98. The van der Waals surface area contributed by atoms with Crippen molar-refractivity contribution in [2.24, 2.45) is 0 Å². The molecule has 1 unspecified atom stereocenters. The zero-order chi connectivity index (χ0) is 16.6. The van der Waals surface area contributed by atoms with Gasteiger partial charge in [-0.3, -0.25) is 0 Å². The molecule has 0 spiro atoms. The van der Waals surface area contributed by atoms with Crippen LogP contribution in [0.25, 0.3) is 6.08 Å². The molecule has 0 nitrogen and oxygen atoms in total. The van der Waals surface area contributed by atoms with Gasteiger partial charge in [-0.1, -0.05) is 0 Å². The third-order valence-electron chi connectivity index (χ3n) is 6.61. The summed E-state index contributed by atoms with van der Waals surface area (Å²) in [5.41, 5.74) is 4.37. The van der Waals surface area contributed by atoms with Crippen molar-refractivity contribution < 1.29 is 11.3 Å². The molecule has 2 aliphatic carbocycles. The van der Waals surface area contributed by atoms with Crippen LogP contribution in [0.15, 0.2) is 51.4 Å². The Morgan fingerprint density at radius 2 is 1.68 bits per heavy atom. The van der Waals surface area contributed by atoms with Crippen molar-refractivity contribution in [2.45, 2.75) is 35.7 Å². The molecule has 2 aliphatic rings. The van der Waals surface area contributed by atoms with Crippen LogP contribution >= 0.6 is 0 Å². The van der Waals surface area contributed by atoms with Crippen LogP contribution in [0.1, 0.15) is 28.1 Å². The van der Waals surface area contributed by atoms with Gasteiger partial charge in [-0.2, -0.15) is 0 Å². The number of benzene rings is 1. The van der Waals surface area contributed by atoms with E-state index in [-0.39, 0.29) is 0 Å². The van der Waals surface area contributed by atoms with E-state index in [1.807, 2.05) is 0 Å². The summed E-state index contributed by atoms with van der Waals surface area (Å²) in [6.07, 6.45) is 10.9. The fourth-order valence-corrected chi connectivity index (χ4v) is 36.6. The molecular formula is C19H30HfSi2. The van der Waals surface area contributed by atoms with Crippen molar-refractivity contribution in [2.75, 3.05) is 0 Å². The first-order valence-corrected chi connectivity index (χ1v) is 43.3. The van der Waals surface area contributed by atoms with Crippen LogP contribution in [0.4, 0.5) is 0 Å². The molecule has 3 rings (SSSR count). The fourth-order valence-electron chi connectivity index (χ4n) is 4.65. The van der Waals surface area contributed by atoms with Crippen LogP contribution in [0.5, 0.6) is 0 Å². The van der Waals surface area contributed by atoms with Crippen LogP contribution < -0.4 is 0 Å². The summed E-state index contributed by atoms with van der Waals surface area (Å²) in [7, 11) is 0. The van der Waals surface area contributed by atoms with Gasteiger partial charge in [0.25, 0.3) is 0 Å². The van der Waals surface area contributed by atoms with Crippen LogP contribution in [-0.2, 0) is 11.3 Å². The van der Waals surface area contributed by atoms with Gasteiger partial charge in [0.15, 0.2) is 0 Å². The first-order valence-electron chi connectivity index (χ1n) is 8.44. The molecule has 118 valence electrons. The van der Waals surface area contributed by atoms with E-state index in [0.29, 0.717) is 3.67 Å². The molecule has 0 amide bonds. The molecule has 1 aromatic carbocycles. The Balaban J connectivity index is 2.47. The molecule has 0 saturated carbocycles. The maximum absolute atomic E-state index is 4.66. The van der Waals surface area contributed by atoms with Gasteiger partial charge in [-0.25, -0.2) is 0 Å². The van der Waals surface area contributed by atoms with E-state index >= 15 is 0 Å². The van der Waals surface area contributed by atoms with Crippen molar-refractivity contribution in [1.82, 2.24) is 0 Å². The normalized spacial score (nSPS) is 27.8. The summed E-state index contributed by atoms with van der Waals surface area (Å²) in [5, 5.41) is 0. The third kappa shape index (κ3) is 2.15. The molecular weight excluding hydrogens is 463 g/mol. The van der Waals surface area contributed by atoms with Crippen LogP contribution in [0.3, 0.4) is 0 Å². The van der Waals surface area contributed by atoms with Gasteiger partial charge in [-0.15, -0.1) is 0 Å². The van der Waals surface area contributed by atoms with E-state index in [4.69, 9.17) is 0 Å². The molecule has 1 atom stereocenters. The monoisotopic (exact) mass is 494 g/mol. The summed E-state index contributed by atoms with van der Waals surface area (Å²) < 4.78 is 12.9. The molecule has 0 aromatic heterocycles. The Kier molecular flexibility index (Phi) is 2.28. The maximum atomic E-state index is 2.67. The zero-order valence-electron chi connectivity index (χ0n) is 14.8. The van der Waals surface area contributed by atoms with Crippen LogP contribution in [0.2, 0.25) is 18.7 Å². The average molecular weight is 493 g/mol. The van der Waals surface area contributed by atoms with E-state index in [0.717, 1.165) is 6.42 Å². The van der Waals surface area contributed by atoms with E-state index in [2.05, 4.69) is 88.1 Å². The van der Waals surface area contributed by atoms with E-state index in [9.17, 15) is 0 Å². The first kappa shape index (κ1) is 16.6. The van der Waals surface area contributed by atoms with Gasteiger partial charge in [0.05, 0.1) is 0 Å². The topological polar surface area (TPSA) is 0 Å². The molecule has 0 N–H and O–H groups in total. The van der Waals surface area contributed by atoms with Gasteiger partial charge in [0, 0.05) is 0 Å². The van der Waals surface area contributed by atoms with Crippen LogP contribution in [0, 0.1) is 0 Å². The number of hydrogen-bond donors (Lipinski definition) is 0. The van der Waals surface area contributed by atoms with Crippen LogP contribution in [-0.4, -0.2) is 13.9 Å². The second-order valence-electron chi connectivity index (χ2n) is 13.4. The Morgan fingerprint density at radius 3 is 2.27 bits per heavy atom. The summed E-state index contributed by atoms with van der Waals surface area (Å²) in [5.74, 6) is 0. The van der Waals surface area contributed by atoms with Crippen molar-refractivity contribution in [3.8, 4) is 0 Å². The standard InChI is InChI=1S/C9H7.C6H7.4CH3.Hf.2H2Si/c1-2-5-9-7-3-6-8(9)4-1;1-6-4-2-3-5-6;;;;;;;/h1-7H;4-5H,2H2,1H3;4*1H3;;2*1H2. The summed E-state index contributed by atoms with van der Waals surface area (Å²) in [6.45, 7) is 6.99. The third-order valence-corrected chi connectivity index (χ3v) is 51.3.